The summed E-state index contributed by atoms with van der Waals surface area (Å²) in [5, 5.41) is 0. The standard InChI is InChI=1S/C14H15N2O/c1-11-3-7-14(8-4-11)16-9-13(15-10-16)6-5-12(2)17/h3,7-10H,5-6H2,1-2H3. The third-order valence-corrected chi connectivity index (χ3v) is 2.62. The zero-order valence-electron chi connectivity index (χ0n) is 10.1. The predicted molar refractivity (Wildman–Crippen MR) is 66.1 cm³/mol. The Morgan fingerprint density at radius 2 is 2.29 bits per heavy atom. The topological polar surface area (TPSA) is 34.9 Å². The molecular weight excluding hydrogens is 212 g/mol. The number of benzene rings is 1. The molecule has 3 heteroatoms. The average Bonchev–Trinajstić information content (AvgIpc) is 2.76. The summed E-state index contributed by atoms with van der Waals surface area (Å²) in [5.41, 5.74) is 3.10. The van der Waals surface area contributed by atoms with Crippen molar-refractivity contribution in [1.82, 2.24) is 9.55 Å². The third-order valence-electron chi connectivity index (χ3n) is 2.62. The molecule has 0 saturated heterocycles. The highest BCUT2D eigenvalue weighted by molar-refractivity contribution is 5.75. The normalized spacial score (nSPS) is 10.5. The van der Waals surface area contributed by atoms with E-state index >= 15 is 0 Å². The van der Waals surface area contributed by atoms with Crippen LogP contribution in [0, 0.1) is 13.0 Å². The number of ketones is 1. The van der Waals surface area contributed by atoms with E-state index in [1.54, 1.807) is 13.3 Å². The molecule has 0 unspecified atom stereocenters. The van der Waals surface area contributed by atoms with E-state index in [1.807, 2.05) is 35.9 Å². The van der Waals surface area contributed by atoms with Crippen LogP contribution < -0.4 is 0 Å². The summed E-state index contributed by atoms with van der Waals surface area (Å²) in [6.07, 6.45) is 4.99. The number of nitrogens with zero attached hydrogens (tertiary/aromatic N) is 2. The molecule has 0 aliphatic carbocycles. The van der Waals surface area contributed by atoms with Crippen LogP contribution in [0.4, 0.5) is 0 Å². The Balaban J connectivity index is 2.12. The van der Waals surface area contributed by atoms with E-state index in [2.05, 4.69) is 11.1 Å². The van der Waals surface area contributed by atoms with Gasteiger partial charge in [0, 0.05) is 18.3 Å². The lowest BCUT2D eigenvalue weighted by Crippen LogP contribution is -1.94. The molecule has 0 spiro atoms. The minimum absolute atomic E-state index is 0.197. The van der Waals surface area contributed by atoms with Crippen molar-refractivity contribution in [1.29, 1.82) is 0 Å². The molecule has 0 N–H and O–H groups in total. The zero-order valence-corrected chi connectivity index (χ0v) is 10.1. The highest BCUT2D eigenvalue weighted by Gasteiger charge is 2.02. The first-order valence-electron chi connectivity index (χ1n) is 5.66. The van der Waals surface area contributed by atoms with Gasteiger partial charge in [-0.05, 0) is 44.0 Å². The summed E-state index contributed by atoms with van der Waals surface area (Å²) in [7, 11) is 0. The summed E-state index contributed by atoms with van der Waals surface area (Å²) in [6, 6.07) is 9.14. The van der Waals surface area contributed by atoms with Crippen LogP contribution in [0.5, 0.6) is 0 Å². The van der Waals surface area contributed by atoms with Crippen molar-refractivity contribution < 1.29 is 4.79 Å². The van der Waals surface area contributed by atoms with Gasteiger partial charge in [0.25, 0.3) is 0 Å². The minimum atomic E-state index is 0.197. The smallest absolute Gasteiger partial charge is 0.130 e. The summed E-state index contributed by atoms with van der Waals surface area (Å²) >= 11 is 0. The first kappa shape index (κ1) is 11.6. The molecule has 2 aromatic rings. The van der Waals surface area contributed by atoms with Gasteiger partial charge in [-0.15, -0.1) is 0 Å². The molecule has 0 aliphatic rings. The van der Waals surface area contributed by atoms with Crippen molar-refractivity contribution in [2.24, 2.45) is 0 Å². The molecule has 0 atom stereocenters. The quantitative estimate of drug-likeness (QED) is 0.804. The van der Waals surface area contributed by atoms with E-state index < -0.39 is 0 Å². The average molecular weight is 227 g/mol. The molecule has 1 radical (unpaired) electrons. The molecule has 2 rings (SSSR count). The molecule has 0 aliphatic heterocycles. The Labute approximate surface area is 101 Å². The SMILES string of the molecule is CC(=O)CCc1cn(-c2c[c]c(C)cc2)cn1. The molecule has 1 heterocycles. The largest absolute Gasteiger partial charge is 0.306 e. The molecular formula is C14H15N2O. The van der Waals surface area contributed by atoms with Crippen LogP contribution in [-0.2, 0) is 11.2 Å². The number of imidazole rings is 1. The number of aryl methyl sites for hydroxylation is 2. The molecule has 1 aromatic heterocycles. The second-order valence-corrected chi connectivity index (χ2v) is 4.20. The highest BCUT2D eigenvalue weighted by Crippen LogP contribution is 2.10. The van der Waals surface area contributed by atoms with Crippen LogP contribution >= 0.6 is 0 Å². The summed E-state index contributed by atoms with van der Waals surface area (Å²) in [4.78, 5) is 15.2. The van der Waals surface area contributed by atoms with Crippen LogP contribution in [-0.4, -0.2) is 15.3 Å². The van der Waals surface area contributed by atoms with E-state index in [0.29, 0.717) is 12.8 Å². The van der Waals surface area contributed by atoms with Gasteiger partial charge in [-0.2, -0.15) is 0 Å². The van der Waals surface area contributed by atoms with Crippen molar-refractivity contribution in [2.75, 3.05) is 0 Å². The Bertz CT molecular complexity index is 511. The fourth-order valence-electron chi connectivity index (χ4n) is 1.59. The van der Waals surface area contributed by atoms with Crippen LogP contribution in [0.3, 0.4) is 0 Å². The molecule has 17 heavy (non-hydrogen) atoms. The van der Waals surface area contributed by atoms with Gasteiger partial charge in [0.2, 0.25) is 0 Å². The third kappa shape index (κ3) is 3.03. The van der Waals surface area contributed by atoms with E-state index in [9.17, 15) is 4.79 Å². The van der Waals surface area contributed by atoms with Gasteiger partial charge >= 0.3 is 0 Å². The van der Waals surface area contributed by atoms with Crippen molar-refractivity contribution >= 4 is 5.78 Å². The lowest BCUT2D eigenvalue weighted by molar-refractivity contribution is -0.116. The van der Waals surface area contributed by atoms with Crippen molar-refractivity contribution in [3.63, 3.8) is 0 Å². The van der Waals surface area contributed by atoms with Gasteiger partial charge in [0.1, 0.15) is 5.78 Å². The number of carbonyl (C=O) groups is 1. The zero-order chi connectivity index (χ0) is 12.3. The van der Waals surface area contributed by atoms with Gasteiger partial charge in [-0.3, -0.25) is 0 Å². The first-order chi connectivity index (χ1) is 8.15. The van der Waals surface area contributed by atoms with Gasteiger partial charge in [0.05, 0.1) is 12.0 Å². The molecule has 87 valence electrons. The van der Waals surface area contributed by atoms with Crippen LogP contribution in [0.2, 0.25) is 0 Å². The van der Waals surface area contributed by atoms with Crippen molar-refractivity contribution in [3.05, 3.63) is 48.0 Å². The van der Waals surface area contributed by atoms with Gasteiger partial charge in [0.15, 0.2) is 0 Å². The van der Waals surface area contributed by atoms with Gasteiger partial charge in [-0.1, -0.05) is 6.07 Å². The number of rotatable bonds is 4. The van der Waals surface area contributed by atoms with Crippen molar-refractivity contribution in [3.8, 4) is 5.69 Å². The fraction of sp³-hybridized carbons (Fsp3) is 0.286. The maximum Gasteiger partial charge on any atom is 0.130 e. The lowest BCUT2D eigenvalue weighted by Gasteiger charge is -2.01. The van der Waals surface area contributed by atoms with Crippen LogP contribution in [0.25, 0.3) is 5.69 Å². The first-order valence-corrected chi connectivity index (χ1v) is 5.66. The van der Waals surface area contributed by atoms with E-state index in [4.69, 9.17) is 0 Å². The maximum atomic E-state index is 10.9. The second-order valence-electron chi connectivity index (χ2n) is 4.20. The number of carbonyl (C=O) groups excluding carboxylic acids is 1. The van der Waals surface area contributed by atoms with E-state index in [1.165, 1.54) is 0 Å². The lowest BCUT2D eigenvalue weighted by atomic mass is 10.2. The van der Waals surface area contributed by atoms with Gasteiger partial charge in [-0.25, -0.2) is 4.98 Å². The van der Waals surface area contributed by atoms with Crippen LogP contribution in [0.15, 0.2) is 30.7 Å². The second kappa shape index (κ2) is 4.95. The summed E-state index contributed by atoms with van der Waals surface area (Å²) < 4.78 is 1.95. The molecule has 0 amide bonds. The van der Waals surface area contributed by atoms with E-state index in [-0.39, 0.29) is 5.78 Å². The molecule has 0 saturated carbocycles. The Kier molecular flexibility index (Phi) is 3.38. The number of Topliss-reactive ketones (excluding diaryl/α,β-unsaturated/α-hetero) is 1. The van der Waals surface area contributed by atoms with E-state index in [0.717, 1.165) is 16.9 Å². The Hall–Kier alpha value is -1.90. The van der Waals surface area contributed by atoms with Crippen LogP contribution in [0.1, 0.15) is 24.6 Å². The van der Waals surface area contributed by atoms with Crippen molar-refractivity contribution in [2.45, 2.75) is 26.7 Å². The summed E-state index contributed by atoms with van der Waals surface area (Å²) in [6.45, 7) is 3.61. The molecule has 3 nitrogen and oxygen atoms in total. The fourth-order valence-corrected chi connectivity index (χ4v) is 1.59. The molecule has 0 fully saturated rings. The highest BCUT2D eigenvalue weighted by atomic mass is 16.1. The predicted octanol–water partition coefficient (Wildman–Crippen LogP) is 2.50. The monoisotopic (exact) mass is 227 g/mol. The maximum absolute atomic E-state index is 10.9. The minimum Gasteiger partial charge on any atom is -0.306 e. The number of aromatic nitrogens is 2. The Morgan fingerprint density at radius 1 is 1.47 bits per heavy atom. The number of hydrogen-bond acceptors (Lipinski definition) is 2. The summed E-state index contributed by atoms with van der Waals surface area (Å²) in [5.74, 6) is 0.197. The van der Waals surface area contributed by atoms with Gasteiger partial charge < -0.3 is 9.36 Å². The molecule has 0 bridgehead atoms. The Morgan fingerprint density at radius 3 is 2.94 bits per heavy atom. The molecule has 1 aromatic carbocycles. The number of hydrogen-bond donors (Lipinski definition) is 0.